The van der Waals surface area contributed by atoms with Crippen LogP contribution in [0.5, 0.6) is 0 Å². The van der Waals surface area contributed by atoms with Crippen molar-refractivity contribution in [2.45, 2.75) is 30.1 Å². The number of piperidine rings is 1. The smallest absolute Gasteiger partial charge is 0.240 e. The second-order valence-electron chi connectivity index (χ2n) is 7.40. The van der Waals surface area contributed by atoms with Crippen molar-refractivity contribution in [2.24, 2.45) is 0 Å². The largest absolute Gasteiger partial charge is 0.440 e. The van der Waals surface area contributed by atoms with Gasteiger partial charge in [-0.05, 0) is 43.2 Å². The Kier molecular flexibility index (Phi) is 6.01. The van der Waals surface area contributed by atoms with E-state index in [4.69, 9.17) is 4.42 Å². The summed E-state index contributed by atoms with van der Waals surface area (Å²) in [7, 11) is -4.03. The lowest BCUT2D eigenvalue weighted by Gasteiger charge is -2.30. The fraction of sp³-hybridized carbons (Fsp3) is 0.333. The lowest BCUT2D eigenvalue weighted by molar-refractivity contribution is -0.132. The van der Waals surface area contributed by atoms with Crippen LogP contribution in [0.2, 0.25) is 0 Å². The minimum Gasteiger partial charge on any atom is -0.440 e. The van der Waals surface area contributed by atoms with Crippen LogP contribution in [0.4, 0.5) is 8.78 Å². The van der Waals surface area contributed by atoms with Gasteiger partial charge >= 0.3 is 0 Å². The Morgan fingerprint density at radius 2 is 1.87 bits per heavy atom. The van der Waals surface area contributed by atoms with E-state index in [1.807, 2.05) is 24.3 Å². The predicted molar refractivity (Wildman–Crippen MR) is 109 cm³/mol. The van der Waals surface area contributed by atoms with Gasteiger partial charge in [0.25, 0.3) is 0 Å². The molecule has 1 aromatic heterocycles. The summed E-state index contributed by atoms with van der Waals surface area (Å²) >= 11 is 0. The third-order valence-corrected chi connectivity index (χ3v) is 6.80. The summed E-state index contributed by atoms with van der Waals surface area (Å²) in [5.41, 5.74) is 1.55. The maximum Gasteiger partial charge on any atom is 0.240 e. The van der Waals surface area contributed by atoms with Gasteiger partial charge < -0.3 is 9.32 Å². The SMILES string of the molecule is O=C(CCNS(=O)(=O)c1ccc(F)c(F)c1)N1CCC(c2nc3ccccc3o2)CC1. The lowest BCUT2D eigenvalue weighted by Crippen LogP contribution is -2.39. The molecule has 0 aliphatic carbocycles. The summed E-state index contributed by atoms with van der Waals surface area (Å²) < 4.78 is 58.7. The van der Waals surface area contributed by atoms with Gasteiger partial charge in [0.15, 0.2) is 23.1 Å². The van der Waals surface area contributed by atoms with Gasteiger partial charge in [-0.15, -0.1) is 0 Å². The highest BCUT2D eigenvalue weighted by atomic mass is 32.2. The van der Waals surface area contributed by atoms with E-state index < -0.39 is 26.6 Å². The number of hydrogen-bond donors (Lipinski definition) is 1. The van der Waals surface area contributed by atoms with E-state index >= 15 is 0 Å². The van der Waals surface area contributed by atoms with Crippen LogP contribution in [-0.2, 0) is 14.8 Å². The molecule has 0 spiro atoms. The summed E-state index contributed by atoms with van der Waals surface area (Å²) in [5, 5.41) is 0. The first-order valence-corrected chi connectivity index (χ1v) is 11.4. The van der Waals surface area contributed by atoms with Gasteiger partial charge in [-0.3, -0.25) is 4.79 Å². The molecule has 0 radical (unpaired) electrons. The molecule has 10 heteroatoms. The number of hydrogen-bond acceptors (Lipinski definition) is 5. The van der Waals surface area contributed by atoms with Crippen molar-refractivity contribution in [3.05, 3.63) is 60.0 Å². The molecule has 0 saturated carbocycles. The quantitative estimate of drug-likeness (QED) is 0.624. The molecule has 2 heterocycles. The maximum absolute atomic E-state index is 13.3. The number of nitrogens with one attached hydrogen (secondary N) is 1. The second-order valence-corrected chi connectivity index (χ2v) is 9.17. The van der Waals surface area contributed by atoms with Crippen molar-refractivity contribution in [3.63, 3.8) is 0 Å². The molecule has 1 aliphatic heterocycles. The number of carbonyl (C=O) groups excluding carboxylic acids is 1. The number of carbonyl (C=O) groups is 1. The van der Waals surface area contributed by atoms with E-state index in [0.717, 1.165) is 23.2 Å². The molecule has 0 atom stereocenters. The average molecular weight is 449 g/mol. The summed E-state index contributed by atoms with van der Waals surface area (Å²) in [4.78, 5) is 18.3. The zero-order valence-electron chi connectivity index (χ0n) is 16.6. The third-order valence-electron chi connectivity index (χ3n) is 5.34. The number of para-hydroxylation sites is 2. The van der Waals surface area contributed by atoms with Crippen LogP contribution in [0.15, 0.2) is 51.8 Å². The van der Waals surface area contributed by atoms with E-state index in [2.05, 4.69) is 9.71 Å². The van der Waals surface area contributed by atoms with Crippen molar-refractivity contribution < 1.29 is 26.4 Å². The molecular weight excluding hydrogens is 428 g/mol. The summed E-state index contributed by atoms with van der Waals surface area (Å²) in [6.45, 7) is 0.918. The molecule has 1 fully saturated rings. The van der Waals surface area contributed by atoms with Crippen LogP contribution in [0, 0.1) is 11.6 Å². The molecule has 164 valence electrons. The Bertz CT molecular complexity index is 1170. The molecular formula is C21H21F2N3O4S. The standard InChI is InChI=1S/C21H21F2N3O4S/c22-16-6-5-15(13-17(16)23)31(28,29)24-10-7-20(27)26-11-8-14(9-12-26)21-25-18-3-1-2-4-19(18)30-21/h1-6,13-14,24H,7-12H2. The Balaban J connectivity index is 1.27. The van der Waals surface area contributed by atoms with Crippen LogP contribution >= 0.6 is 0 Å². The molecule has 7 nitrogen and oxygen atoms in total. The number of fused-ring (bicyclic) bond motifs is 1. The molecule has 1 saturated heterocycles. The molecule has 0 bridgehead atoms. The van der Waals surface area contributed by atoms with Gasteiger partial charge in [-0.25, -0.2) is 26.9 Å². The molecule has 2 aromatic carbocycles. The Morgan fingerprint density at radius 1 is 1.13 bits per heavy atom. The molecule has 1 amide bonds. The van der Waals surface area contributed by atoms with Crippen LogP contribution in [-0.4, -0.2) is 43.8 Å². The van der Waals surface area contributed by atoms with E-state index in [0.29, 0.717) is 37.9 Å². The first-order valence-electron chi connectivity index (χ1n) is 9.91. The van der Waals surface area contributed by atoms with Crippen molar-refractivity contribution in [3.8, 4) is 0 Å². The predicted octanol–water partition coefficient (Wildman–Crippen LogP) is 3.18. The molecule has 31 heavy (non-hydrogen) atoms. The Hall–Kier alpha value is -2.85. The van der Waals surface area contributed by atoms with E-state index in [1.54, 1.807) is 4.90 Å². The molecule has 0 unspecified atom stereocenters. The van der Waals surface area contributed by atoms with Crippen molar-refractivity contribution in [1.29, 1.82) is 0 Å². The van der Waals surface area contributed by atoms with Gasteiger partial charge in [-0.1, -0.05) is 12.1 Å². The third kappa shape index (κ3) is 4.75. The van der Waals surface area contributed by atoms with Crippen LogP contribution in [0.25, 0.3) is 11.1 Å². The minimum absolute atomic E-state index is 0.0313. The molecule has 3 aromatic rings. The number of halogens is 2. The number of aromatic nitrogens is 1. The van der Waals surface area contributed by atoms with E-state index in [1.165, 1.54) is 0 Å². The fourth-order valence-electron chi connectivity index (χ4n) is 3.62. The Morgan fingerprint density at radius 3 is 2.58 bits per heavy atom. The monoisotopic (exact) mass is 449 g/mol. The maximum atomic E-state index is 13.3. The van der Waals surface area contributed by atoms with Crippen LogP contribution < -0.4 is 4.72 Å². The van der Waals surface area contributed by atoms with Crippen molar-refractivity contribution in [1.82, 2.24) is 14.6 Å². The summed E-state index contributed by atoms with van der Waals surface area (Å²) in [5.74, 6) is -1.75. The Labute approximate surface area is 178 Å². The highest BCUT2D eigenvalue weighted by Gasteiger charge is 2.27. The average Bonchev–Trinajstić information content (AvgIpc) is 3.20. The first-order chi connectivity index (χ1) is 14.8. The fourth-order valence-corrected chi connectivity index (χ4v) is 4.66. The number of likely N-dealkylation sites (tertiary alicyclic amines) is 1. The number of oxazole rings is 1. The van der Waals surface area contributed by atoms with Crippen molar-refractivity contribution in [2.75, 3.05) is 19.6 Å². The highest BCUT2D eigenvalue weighted by molar-refractivity contribution is 7.89. The van der Waals surface area contributed by atoms with Crippen molar-refractivity contribution >= 4 is 27.0 Å². The van der Waals surface area contributed by atoms with Crippen LogP contribution in [0.3, 0.4) is 0 Å². The summed E-state index contributed by atoms with van der Waals surface area (Å²) in [6, 6.07) is 9.87. The topological polar surface area (TPSA) is 92.5 Å². The summed E-state index contributed by atoms with van der Waals surface area (Å²) in [6.07, 6.45) is 1.38. The minimum atomic E-state index is -4.03. The zero-order valence-corrected chi connectivity index (χ0v) is 17.4. The van der Waals surface area contributed by atoms with E-state index in [9.17, 15) is 22.0 Å². The van der Waals surface area contributed by atoms with Gasteiger partial charge in [-0.2, -0.15) is 0 Å². The molecule has 4 rings (SSSR count). The number of amides is 1. The highest BCUT2D eigenvalue weighted by Crippen LogP contribution is 2.30. The second kappa shape index (κ2) is 8.72. The van der Waals surface area contributed by atoms with Gasteiger partial charge in [0, 0.05) is 32.0 Å². The van der Waals surface area contributed by atoms with Gasteiger partial charge in [0.2, 0.25) is 15.9 Å². The molecule has 1 aliphatic rings. The number of benzene rings is 2. The first kappa shape index (κ1) is 21.4. The van der Waals surface area contributed by atoms with E-state index in [-0.39, 0.29) is 24.8 Å². The van der Waals surface area contributed by atoms with Crippen LogP contribution in [0.1, 0.15) is 31.1 Å². The van der Waals surface area contributed by atoms with Gasteiger partial charge in [0.05, 0.1) is 4.90 Å². The number of nitrogens with zero attached hydrogens (tertiary/aromatic N) is 2. The normalized spacial score (nSPS) is 15.5. The number of rotatable bonds is 6. The molecule has 1 N–H and O–H groups in total. The lowest BCUT2D eigenvalue weighted by atomic mass is 9.96. The van der Waals surface area contributed by atoms with Gasteiger partial charge in [0.1, 0.15) is 5.52 Å². The number of sulfonamides is 1. The zero-order chi connectivity index (χ0) is 22.0.